The Hall–Kier alpha value is -3.32. The molecule has 0 radical (unpaired) electrons. The normalized spacial score (nSPS) is 14.9. The van der Waals surface area contributed by atoms with Crippen LogP contribution in [0.5, 0.6) is 5.75 Å². The first-order chi connectivity index (χ1) is 13.6. The number of hydrogen-bond donors (Lipinski definition) is 0. The summed E-state index contributed by atoms with van der Waals surface area (Å²) in [5.74, 6) is 0.950. The second-order valence-electron chi connectivity index (χ2n) is 7.87. The van der Waals surface area contributed by atoms with Gasteiger partial charge in [-0.3, -0.25) is 0 Å². The molecule has 0 aliphatic carbocycles. The quantitative estimate of drug-likeness (QED) is 0.369. The molecule has 0 atom stereocenters. The van der Waals surface area contributed by atoms with E-state index in [2.05, 4.69) is 111 Å². The summed E-state index contributed by atoms with van der Waals surface area (Å²) < 4.78 is 6.32. The van der Waals surface area contributed by atoms with E-state index in [1.807, 2.05) is 0 Å². The van der Waals surface area contributed by atoms with Crippen molar-refractivity contribution in [2.45, 2.75) is 19.4 Å². The Labute approximate surface area is 165 Å². The molecule has 1 aliphatic rings. The Balaban J connectivity index is 1.74. The van der Waals surface area contributed by atoms with Crippen molar-refractivity contribution in [3.05, 3.63) is 108 Å². The monoisotopic (exact) mass is 362 g/mol. The highest BCUT2D eigenvalue weighted by atomic mass is 16.5. The predicted octanol–water partition coefficient (Wildman–Crippen LogP) is 7.11. The van der Waals surface area contributed by atoms with Gasteiger partial charge in [-0.05, 0) is 65.1 Å². The summed E-state index contributed by atoms with van der Waals surface area (Å²) >= 11 is 0. The lowest BCUT2D eigenvalue weighted by Gasteiger charge is -2.32. The fraction of sp³-hybridized carbons (Fsp3) is 0.111. The first-order valence-electron chi connectivity index (χ1n) is 9.71. The van der Waals surface area contributed by atoms with Crippen molar-refractivity contribution in [3.63, 3.8) is 0 Å². The highest BCUT2D eigenvalue weighted by molar-refractivity contribution is 6.02. The van der Waals surface area contributed by atoms with E-state index >= 15 is 0 Å². The van der Waals surface area contributed by atoms with Crippen LogP contribution >= 0.6 is 0 Å². The van der Waals surface area contributed by atoms with Crippen LogP contribution in [0.25, 0.3) is 27.5 Å². The van der Waals surface area contributed by atoms with E-state index in [-0.39, 0.29) is 5.60 Å². The summed E-state index contributed by atoms with van der Waals surface area (Å²) in [5, 5.41) is 2.45. The zero-order valence-electron chi connectivity index (χ0n) is 16.1. The van der Waals surface area contributed by atoms with Gasteiger partial charge >= 0.3 is 0 Å². The molecule has 1 heterocycles. The third-order valence-corrected chi connectivity index (χ3v) is 5.31. The lowest BCUT2D eigenvalue weighted by Crippen LogP contribution is -2.29. The van der Waals surface area contributed by atoms with E-state index in [1.54, 1.807) is 0 Å². The SMILES string of the molecule is CC1(C)C=C(c2ccccc2)c2c(ccc3cc(-c4ccccc4)ccc23)O1. The molecule has 1 heteroatoms. The maximum Gasteiger partial charge on any atom is 0.129 e. The molecule has 0 N–H and O–H groups in total. The van der Waals surface area contributed by atoms with Gasteiger partial charge in [0.15, 0.2) is 0 Å². The minimum Gasteiger partial charge on any atom is -0.483 e. The van der Waals surface area contributed by atoms with Crippen LogP contribution in [0.4, 0.5) is 0 Å². The van der Waals surface area contributed by atoms with E-state index in [0.29, 0.717) is 0 Å². The van der Waals surface area contributed by atoms with Crippen molar-refractivity contribution < 1.29 is 4.74 Å². The molecule has 0 spiro atoms. The Morgan fingerprint density at radius 1 is 0.643 bits per heavy atom. The number of ether oxygens (including phenoxy) is 1. The molecular formula is C27H22O. The van der Waals surface area contributed by atoms with Gasteiger partial charge in [-0.25, -0.2) is 0 Å². The minimum atomic E-state index is -0.337. The van der Waals surface area contributed by atoms with Crippen LogP contribution in [-0.2, 0) is 0 Å². The summed E-state index contributed by atoms with van der Waals surface area (Å²) in [7, 11) is 0. The molecule has 1 aliphatic heterocycles. The number of hydrogen-bond acceptors (Lipinski definition) is 1. The van der Waals surface area contributed by atoms with Gasteiger partial charge in [0.25, 0.3) is 0 Å². The van der Waals surface area contributed by atoms with Crippen molar-refractivity contribution in [3.8, 4) is 16.9 Å². The summed E-state index contributed by atoms with van der Waals surface area (Å²) in [5.41, 5.74) is 5.77. The second-order valence-corrected chi connectivity index (χ2v) is 7.87. The van der Waals surface area contributed by atoms with Crippen LogP contribution in [0, 0.1) is 0 Å². The lowest BCUT2D eigenvalue weighted by molar-refractivity contribution is 0.158. The van der Waals surface area contributed by atoms with Gasteiger partial charge in [-0.1, -0.05) is 78.9 Å². The minimum absolute atomic E-state index is 0.337. The van der Waals surface area contributed by atoms with Gasteiger partial charge < -0.3 is 4.74 Å². The fourth-order valence-electron chi connectivity index (χ4n) is 4.06. The molecule has 4 aromatic rings. The Bertz CT molecular complexity index is 1190. The predicted molar refractivity (Wildman–Crippen MR) is 118 cm³/mol. The van der Waals surface area contributed by atoms with E-state index in [4.69, 9.17) is 4.74 Å². The van der Waals surface area contributed by atoms with Crippen molar-refractivity contribution in [1.82, 2.24) is 0 Å². The molecule has 0 saturated heterocycles. The van der Waals surface area contributed by atoms with Crippen LogP contribution in [-0.4, -0.2) is 5.60 Å². The van der Waals surface area contributed by atoms with Gasteiger partial charge in [-0.2, -0.15) is 0 Å². The van der Waals surface area contributed by atoms with Gasteiger partial charge in [-0.15, -0.1) is 0 Å². The standard InChI is InChI=1S/C27H22O/c1-27(2)18-24(20-11-7-4-8-12-20)26-23-15-13-21(19-9-5-3-6-10-19)17-22(23)14-16-25(26)28-27/h3-18H,1-2H3. The van der Waals surface area contributed by atoms with Crippen LogP contribution in [0.2, 0.25) is 0 Å². The highest BCUT2D eigenvalue weighted by Crippen LogP contribution is 2.43. The van der Waals surface area contributed by atoms with E-state index in [0.717, 1.165) is 5.75 Å². The third-order valence-electron chi connectivity index (χ3n) is 5.31. The molecule has 5 rings (SSSR count). The second kappa shape index (κ2) is 6.38. The number of benzene rings is 4. The van der Waals surface area contributed by atoms with Gasteiger partial charge in [0.1, 0.15) is 11.4 Å². The van der Waals surface area contributed by atoms with Crippen LogP contribution in [0.3, 0.4) is 0 Å². The molecule has 0 amide bonds. The largest absolute Gasteiger partial charge is 0.483 e. The fourth-order valence-corrected chi connectivity index (χ4v) is 4.06. The van der Waals surface area contributed by atoms with Gasteiger partial charge in [0.05, 0.1) is 0 Å². The molecule has 0 fully saturated rings. The van der Waals surface area contributed by atoms with Crippen molar-refractivity contribution >= 4 is 16.3 Å². The Morgan fingerprint density at radius 2 is 1.32 bits per heavy atom. The maximum atomic E-state index is 6.32. The Kier molecular flexibility index (Phi) is 3.84. The maximum absolute atomic E-state index is 6.32. The molecule has 4 aromatic carbocycles. The molecule has 0 aromatic heterocycles. The molecule has 0 saturated carbocycles. The molecule has 1 nitrogen and oxygen atoms in total. The zero-order valence-corrected chi connectivity index (χ0v) is 16.1. The molecule has 0 unspecified atom stereocenters. The number of rotatable bonds is 2. The first kappa shape index (κ1) is 16.8. The van der Waals surface area contributed by atoms with Crippen molar-refractivity contribution in [2.24, 2.45) is 0 Å². The van der Waals surface area contributed by atoms with E-state index in [1.165, 1.54) is 38.6 Å². The molecular weight excluding hydrogens is 340 g/mol. The molecule has 0 bridgehead atoms. The first-order valence-corrected chi connectivity index (χ1v) is 9.71. The lowest BCUT2D eigenvalue weighted by atomic mass is 9.86. The zero-order chi connectivity index (χ0) is 19.1. The van der Waals surface area contributed by atoms with Crippen LogP contribution in [0.1, 0.15) is 25.0 Å². The molecule has 136 valence electrons. The van der Waals surface area contributed by atoms with E-state index in [9.17, 15) is 0 Å². The summed E-state index contributed by atoms with van der Waals surface area (Å²) in [6.45, 7) is 4.23. The average molecular weight is 362 g/mol. The summed E-state index contributed by atoms with van der Waals surface area (Å²) in [6, 6.07) is 32.1. The third kappa shape index (κ3) is 2.90. The topological polar surface area (TPSA) is 9.23 Å². The van der Waals surface area contributed by atoms with Crippen molar-refractivity contribution in [1.29, 1.82) is 0 Å². The van der Waals surface area contributed by atoms with Crippen LogP contribution in [0.15, 0.2) is 97.1 Å². The average Bonchev–Trinajstić information content (AvgIpc) is 2.73. The van der Waals surface area contributed by atoms with Crippen LogP contribution < -0.4 is 4.74 Å². The van der Waals surface area contributed by atoms with E-state index < -0.39 is 0 Å². The Morgan fingerprint density at radius 3 is 2.04 bits per heavy atom. The smallest absolute Gasteiger partial charge is 0.129 e. The molecule has 28 heavy (non-hydrogen) atoms. The van der Waals surface area contributed by atoms with Crippen molar-refractivity contribution in [2.75, 3.05) is 0 Å². The summed E-state index contributed by atoms with van der Waals surface area (Å²) in [6.07, 6.45) is 2.25. The number of fused-ring (bicyclic) bond motifs is 3. The van der Waals surface area contributed by atoms with Gasteiger partial charge in [0.2, 0.25) is 0 Å². The summed E-state index contributed by atoms with van der Waals surface area (Å²) in [4.78, 5) is 0. The highest BCUT2D eigenvalue weighted by Gasteiger charge is 2.28. The van der Waals surface area contributed by atoms with Gasteiger partial charge in [0, 0.05) is 5.56 Å².